The second-order valence-electron chi connectivity index (χ2n) is 5.20. The summed E-state index contributed by atoms with van der Waals surface area (Å²) >= 11 is 0. The maximum absolute atomic E-state index is 12.6. The van der Waals surface area contributed by atoms with Crippen LogP contribution in [0, 0.1) is 19.8 Å². The molecule has 0 bridgehead atoms. The van der Waals surface area contributed by atoms with E-state index >= 15 is 0 Å². The van der Waals surface area contributed by atoms with Gasteiger partial charge in [-0.1, -0.05) is 6.92 Å². The predicted molar refractivity (Wildman–Crippen MR) is 68.4 cm³/mol. The van der Waals surface area contributed by atoms with Crippen molar-refractivity contribution >= 4 is 11.6 Å². The molecule has 1 aliphatic heterocycles. The molecule has 0 fully saturated rings. The number of ketones is 2. The van der Waals surface area contributed by atoms with Gasteiger partial charge >= 0.3 is 0 Å². The normalized spacial score (nSPS) is 21.3. The molecule has 2 aliphatic rings. The highest BCUT2D eigenvalue weighted by Crippen LogP contribution is 2.40. The number of rotatable bonds is 0. The first-order valence-corrected chi connectivity index (χ1v) is 6.23. The molecule has 4 heteroatoms. The van der Waals surface area contributed by atoms with E-state index in [1.54, 1.807) is 6.92 Å². The van der Waals surface area contributed by atoms with Crippen molar-refractivity contribution in [3.63, 3.8) is 0 Å². The molecule has 1 heterocycles. The van der Waals surface area contributed by atoms with Gasteiger partial charge in [0.2, 0.25) is 5.78 Å². The Bertz CT molecular complexity index is 667. The second-order valence-corrected chi connectivity index (χ2v) is 5.20. The van der Waals surface area contributed by atoms with Gasteiger partial charge < -0.3 is 9.84 Å². The van der Waals surface area contributed by atoms with E-state index < -0.39 is 0 Å². The molecule has 4 nitrogen and oxygen atoms in total. The smallest absolute Gasteiger partial charge is 0.232 e. The van der Waals surface area contributed by atoms with E-state index in [1.165, 1.54) is 6.07 Å². The zero-order valence-electron chi connectivity index (χ0n) is 11.0. The summed E-state index contributed by atoms with van der Waals surface area (Å²) in [6.07, 6.45) is 0. The number of aryl methyl sites for hydroxylation is 1. The van der Waals surface area contributed by atoms with E-state index in [2.05, 4.69) is 0 Å². The number of fused-ring (bicyclic) bond motifs is 1. The lowest BCUT2D eigenvalue weighted by Gasteiger charge is -2.20. The van der Waals surface area contributed by atoms with Crippen molar-refractivity contribution in [1.29, 1.82) is 0 Å². The minimum atomic E-state index is -0.380. The summed E-state index contributed by atoms with van der Waals surface area (Å²) in [6, 6.07) is 1.52. The van der Waals surface area contributed by atoms with Crippen molar-refractivity contribution in [2.24, 2.45) is 5.92 Å². The summed E-state index contributed by atoms with van der Waals surface area (Å²) in [4.78, 5) is 25.0. The van der Waals surface area contributed by atoms with E-state index in [-0.39, 0.29) is 34.6 Å². The summed E-state index contributed by atoms with van der Waals surface area (Å²) < 4.78 is 5.33. The third-order valence-electron chi connectivity index (χ3n) is 3.95. The van der Waals surface area contributed by atoms with Crippen LogP contribution in [0.3, 0.4) is 0 Å². The van der Waals surface area contributed by atoms with Crippen LogP contribution in [0.25, 0.3) is 0 Å². The third-order valence-corrected chi connectivity index (χ3v) is 3.95. The average molecular weight is 258 g/mol. The topological polar surface area (TPSA) is 63.6 Å². The maximum Gasteiger partial charge on any atom is 0.232 e. The molecule has 98 valence electrons. The third kappa shape index (κ3) is 1.40. The van der Waals surface area contributed by atoms with Gasteiger partial charge in [-0.15, -0.1) is 0 Å². The summed E-state index contributed by atoms with van der Waals surface area (Å²) in [5, 5.41) is 9.98. The van der Waals surface area contributed by atoms with Gasteiger partial charge in [0.15, 0.2) is 11.5 Å². The Morgan fingerprint density at radius 1 is 1.21 bits per heavy atom. The molecule has 1 unspecified atom stereocenters. The van der Waals surface area contributed by atoms with E-state index in [9.17, 15) is 14.7 Å². The molecule has 0 aromatic heterocycles. The van der Waals surface area contributed by atoms with Gasteiger partial charge in [-0.2, -0.15) is 0 Å². The molecular weight excluding hydrogens is 244 g/mol. The Labute approximate surface area is 110 Å². The molecule has 0 radical (unpaired) electrons. The quantitative estimate of drug-likeness (QED) is 0.775. The zero-order valence-corrected chi connectivity index (χ0v) is 11.0. The maximum atomic E-state index is 12.6. The number of allylic oxidation sites excluding steroid dienone is 1. The lowest BCUT2D eigenvalue weighted by Crippen LogP contribution is -2.23. The Balaban J connectivity index is 2.35. The van der Waals surface area contributed by atoms with Crippen LogP contribution in [0.5, 0.6) is 5.75 Å². The number of ether oxygens (including phenoxy) is 1. The van der Waals surface area contributed by atoms with E-state index in [0.29, 0.717) is 17.7 Å². The van der Waals surface area contributed by atoms with Crippen LogP contribution in [-0.2, 0) is 4.74 Å². The summed E-state index contributed by atoms with van der Waals surface area (Å²) in [7, 11) is 0. The van der Waals surface area contributed by atoms with E-state index in [0.717, 1.165) is 11.1 Å². The highest BCUT2D eigenvalue weighted by molar-refractivity contribution is 6.28. The molecule has 1 aromatic rings. The number of aromatic hydroxyl groups is 1. The molecule has 19 heavy (non-hydrogen) atoms. The second kappa shape index (κ2) is 3.70. The molecule has 1 aliphatic carbocycles. The minimum absolute atomic E-state index is 0.0818. The molecule has 0 amide bonds. The van der Waals surface area contributed by atoms with Crippen molar-refractivity contribution < 1.29 is 19.4 Å². The molecule has 0 saturated heterocycles. The van der Waals surface area contributed by atoms with Crippen LogP contribution in [0.2, 0.25) is 0 Å². The highest BCUT2D eigenvalue weighted by atomic mass is 16.5. The van der Waals surface area contributed by atoms with Gasteiger partial charge in [0, 0.05) is 11.5 Å². The van der Waals surface area contributed by atoms with Crippen molar-refractivity contribution in [3.8, 4) is 5.75 Å². The van der Waals surface area contributed by atoms with Gasteiger partial charge in [0.05, 0.1) is 17.7 Å². The minimum Gasteiger partial charge on any atom is -0.507 e. The predicted octanol–water partition coefficient (Wildman–Crippen LogP) is 2.31. The van der Waals surface area contributed by atoms with Crippen molar-refractivity contribution in [1.82, 2.24) is 0 Å². The van der Waals surface area contributed by atoms with Crippen molar-refractivity contribution in [3.05, 3.63) is 39.7 Å². The molecule has 1 aromatic carbocycles. The van der Waals surface area contributed by atoms with E-state index in [1.807, 2.05) is 13.8 Å². The molecular formula is C15H14O4. The number of benzene rings is 1. The van der Waals surface area contributed by atoms with E-state index in [4.69, 9.17) is 4.74 Å². The van der Waals surface area contributed by atoms with Crippen LogP contribution in [-0.4, -0.2) is 23.3 Å². The number of hydrogen-bond donors (Lipinski definition) is 1. The highest BCUT2D eigenvalue weighted by Gasteiger charge is 2.42. The van der Waals surface area contributed by atoms with Crippen LogP contribution in [0.4, 0.5) is 0 Å². The first-order valence-electron chi connectivity index (χ1n) is 6.23. The first-order chi connectivity index (χ1) is 8.93. The van der Waals surface area contributed by atoms with Gasteiger partial charge in [-0.25, -0.2) is 0 Å². The Morgan fingerprint density at radius 2 is 1.89 bits per heavy atom. The molecule has 0 saturated carbocycles. The lowest BCUT2D eigenvalue weighted by atomic mass is 9.81. The number of carbonyl (C=O) groups excluding carboxylic acids is 2. The fourth-order valence-corrected chi connectivity index (χ4v) is 2.77. The molecule has 1 atom stereocenters. The molecule has 0 spiro atoms. The van der Waals surface area contributed by atoms with Gasteiger partial charge in [-0.3, -0.25) is 9.59 Å². The van der Waals surface area contributed by atoms with Crippen molar-refractivity contribution in [2.75, 3.05) is 6.61 Å². The van der Waals surface area contributed by atoms with Gasteiger partial charge in [0.1, 0.15) is 5.75 Å². The Morgan fingerprint density at radius 3 is 2.58 bits per heavy atom. The first kappa shape index (κ1) is 12.0. The zero-order chi connectivity index (χ0) is 13.9. The fourth-order valence-electron chi connectivity index (χ4n) is 2.77. The number of hydrogen-bond acceptors (Lipinski definition) is 4. The van der Waals surface area contributed by atoms with Crippen LogP contribution in [0.15, 0.2) is 17.4 Å². The summed E-state index contributed by atoms with van der Waals surface area (Å²) in [5.74, 6) is -0.683. The Hall–Kier alpha value is -2.10. The van der Waals surface area contributed by atoms with Crippen molar-refractivity contribution in [2.45, 2.75) is 20.8 Å². The summed E-state index contributed by atoms with van der Waals surface area (Å²) in [6.45, 7) is 5.81. The van der Waals surface area contributed by atoms with Crippen LogP contribution >= 0.6 is 0 Å². The number of Topliss-reactive ketones (excluding diaryl/α,β-unsaturated/α-hetero) is 2. The fraction of sp³-hybridized carbons (Fsp3) is 0.333. The molecule has 1 N–H and O–H groups in total. The number of carbonyl (C=O) groups is 2. The van der Waals surface area contributed by atoms with Gasteiger partial charge in [-0.05, 0) is 31.0 Å². The largest absolute Gasteiger partial charge is 0.507 e. The lowest BCUT2D eigenvalue weighted by molar-refractivity contribution is 0.0909. The van der Waals surface area contributed by atoms with Gasteiger partial charge in [0.25, 0.3) is 0 Å². The average Bonchev–Trinajstić information content (AvgIpc) is 2.73. The monoisotopic (exact) mass is 258 g/mol. The molecule has 3 rings (SSSR count). The SMILES string of the molecule is Cc1cc(O)c2c(c1C)C(=O)C1=C(OCC1C)C2=O. The number of phenols is 1. The standard InChI is InChI=1S/C15H14O4/c1-6-4-9(16)12-11(8(6)3)13(17)10-7(2)5-19-15(10)14(12)18/h4,7,16H,5H2,1-3H3. The van der Waals surface area contributed by atoms with Crippen LogP contribution in [0.1, 0.15) is 38.8 Å². The van der Waals surface area contributed by atoms with Crippen LogP contribution < -0.4 is 0 Å². The Kier molecular flexibility index (Phi) is 2.33. The number of phenolic OH excluding ortho intramolecular Hbond substituents is 1. The summed E-state index contributed by atoms with van der Waals surface area (Å²) in [5.41, 5.74) is 2.41.